The van der Waals surface area contributed by atoms with E-state index in [-0.39, 0.29) is 18.3 Å². The third-order valence-corrected chi connectivity index (χ3v) is 2.54. The molecule has 0 saturated heterocycles. The van der Waals surface area contributed by atoms with Gasteiger partial charge in [-0.05, 0) is 30.5 Å². The summed E-state index contributed by atoms with van der Waals surface area (Å²) in [6.07, 6.45) is 2.09. The molecule has 5 heteroatoms. The second-order valence-corrected chi connectivity index (χ2v) is 4.16. The Hall–Kier alpha value is -1.55. The zero-order chi connectivity index (χ0) is 12.7. The fraction of sp³-hybridized carbons (Fsp3) is 0.333. The molecule has 0 bridgehead atoms. The minimum atomic E-state index is -0.250. The summed E-state index contributed by atoms with van der Waals surface area (Å²) in [5.74, 6) is 0.444. The molecular formula is C12H14ClNO3. The topological polar surface area (TPSA) is 66.4 Å². The van der Waals surface area contributed by atoms with E-state index in [4.69, 9.17) is 21.5 Å². The van der Waals surface area contributed by atoms with E-state index < -0.39 is 0 Å². The average molecular weight is 256 g/mol. The van der Waals surface area contributed by atoms with Crippen LogP contribution in [0.25, 0.3) is 0 Å². The van der Waals surface area contributed by atoms with Crippen LogP contribution < -0.4 is 5.32 Å². The van der Waals surface area contributed by atoms with E-state index in [0.717, 1.165) is 18.4 Å². The molecule has 1 saturated carbocycles. The first-order valence-electron chi connectivity index (χ1n) is 5.27. The molecule has 0 spiro atoms. The summed E-state index contributed by atoms with van der Waals surface area (Å²) in [4.78, 5) is 19.7. The van der Waals surface area contributed by atoms with Gasteiger partial charge in [0.1, 0.15) is 0 Å². The lowest BCUT2D eigenvalue weighted by atomic mass is 10.2. The number of hydrogen-bond donors (Lipinski definition) is 2. The Kier molecular flexibility index (Phi) is 5.49. The largest absolute Gasteiger partial charge is 0.483 e. The van der Waals surface area contributed by atoms with E-state index in [1.807, 2.05) is 24.3 Å². The summed E-state index contributed by atoms with van der Waals surface area (Å²) in [5, 5.41) is 10.5. The monoisotopic (exact) mass is 255 g/mol. The summed E-state index contributed by atoms with van der Waals surface area (Å²) < 4.78 is 0. The van der Waals surface area contributed by atoms with Gasteiger partial charge in [0.2, 0.25) is 5.91 Å². The lowest BCUT2D eigenvalue weighted by molar-refractivity contribution is -0.123. The molecule has 2 rings (SSSR count). The first-order chi connectivity index (χ1) is 8.17. The van der Waals surface area contributed by atoms with Crippen LogP contribution in [0.2, 0.25) is 5.02 Å². The Balaban J connectivity index is 0.000000437. The highest BCUT2D eigenvalue weighted by molar-refractivity contribution is 6.30. The van der Waals surface area contributed by atoms with E-state index in [1.165, 1.54) is 0 Å². The van der Waals surface area contributed by atoms with Gasteiger partial charge in [-0.15, -0.1) is 0 Å². The Morgan fingerprint density at radius 3 is 2.71 bits per heavy atom. The van der Waals surface area contributed by atoms with Crippen LogP contribution in [-0.4, -0.2) is 17.5 Å². The number of carbonyl (C=O) groups is 2. The number of rotatable bonds is 3. The maximum Gasteiger partial charge on any atom is 0.290 e. The minimum absolute atomic E-state index is 0.171. The molecule has 0 aliphatic heterocycles. The van der Waals surface area contributed by atoms with Gasteiger partial charge < -0.3 is 10.4 Å². The number of halogens is 1. The van der Waals surface area contributed by atoms with Crippen molar-refractivity contribution in [3.63, 3.8) is 0 Å². The maximum absolute atomic E-state index is 11.3. The van der Waals surface area contributed by atoms with Crippen LogP contribution in [0.15, 0.2) is 24.3 Å². The lowest BCUT2D eigenvalue weighted by Gasteiger charge is -2.04. The smallest absolute Gasteiger partial charge is 0.290 e. The van der Waals surface area contributed by atoms with Crippen LogP contribution in [0, 0.1) is 5.92 Å². The molecule has 92 valence electrons. The lowest BCUT2D eigenvalue weighted by Crippen LogP contribution is -2.24. The van der Waals surface area contributed by atoms with E-state index in [0.29, 0.717) is 11.6 Å². The van der Waals surface area contributed by atoms with Crippen LogP contribution >= 0.6 is 11.6 Å². The second kappa shape index (κ2) is 6.91. The van der Waals surface area contributed by atoms with Crippen LogP contribution in [0.5, 0.6) is 0 Å². The van der Waals surface area contributed by atoms with Gasteiger partial charge in [0, 0.05) is 17.5 Å². The van der Waals surface area contributed by atoms with Crippen LogP contribution in [0.3, 0.4) is 0 Å². The van der Waals surface area contributed by atoms with Crippen molar-refractivity contribution in [1.82, 2.24) is 5.32 Å². The molecule has 0 radical (unpaired) electrons. The van der Waals surface area contributed by atoms with Gasteiger partial charge in [-0.25, -0.2) is 0 Å². The predicted octanol–water partition coefficient (Wildman–Crippen LogP) is 2.07. The molecule has 17 heavy (non-hydrogen) atoms. The minimum Gasteiger partial charge on any atom is -0.483 e. The predicted molar refractivity (Wildman–Crippen MR) is 64.7 cm³/mol. The number of hydrogen-bond acceptors (Lipinski definition) is 2. The van der Waals surface area contributed by atoms with Gasteiger partial charge in [-0.3, -0.25) is 9.59 Å². The van der Waals surface area contributed by atoms with Gasteiger partial charge in [0.25, 0.3) is 6.47 Å². The first kappa shape index (κ1) is 13.5. The van der Waals surface area contributed by atoms with Crippen molar-refractivity contribution in [2.24, 2.45) is 5.92 Å². The van der Waals surface area contributed by atoms with Crippen molar-refractivity contribution in [1.29, 1.82) is 0 Å². The summed E-state index contributed by atoms with van der Waals surface area (Å²) >= 11 is 5.82. The quantitative estimate of drug-likeness (QED) is 0.813. The third-order valence-electron chi connectivity index (χ3n) is 2.30. The SMILES string of the molecule is O=C(NCc1cccc(Cl)c1)C1CC1.O=CO. The Morgan fingerprint density at radius 2 is 2.18 bits per heavy atom. The Morgan fingerprint density at radius 1 is 1.53 bits per heavy atom. The van der Waals surface area contributed by atoms with Crippen molar-refractivity contribution < 1.29 is 14.7 Å². The molecule has 1 aliphatic rings. The number of nitrogens with one attached hydrogen (secondary N) is 1. The van der Waals surface area contributed by atoms with E-state index in [2.05, 4.69) is 5.32 Å². The van der Waals surface area contributed by atoms with Crippen molar-refractivity contribution >= 4 is 24.0 Å². The maximum atomic E-state index is 11.3. The molecule has 1 aliphatic carbocycles. The first-order valence-corrected chi connectivity index (χ1v) is 5.65. The number of amides is 1. The van der Waals surface area contributed by atoms with Crippen LogP contribution in [0.1, 0.15) is 18.4 Å². The van der Waals surface area contributed by atoms with Crippen molar-refractivity contribution in [2.45, 2.75) is 19.4 Å². The number of carboxylic acid groups (broad SMARTS) is 1. The molecule has 1 amide bonds. The standard InChI is InChI=1S/C11H12ClNO.CH2O2/c12-10-3-1-2-8(6-10)7-13-11(14)9-4-5-9;2-1-3/h1-3,6,9H,4-5,7H2,(H,13,14);1H,(H,2,3). The zero-order valence-electron chi connectivity index (χ0n) is 9.23. The van der Waals surface area contributed by atoms with Gasteiger partial charge >= 0.3 is 0 Å². The molecule has 2 N–H and O–H groups in total. The van der Waals surface area contributed by atoms with Gasteiger partial charge in [0.15, 0.2) is 0 Å². The summed E-state index contributed by atoms with van der Waals surface area (Å²) in [7, 11) is 0. The van der Waals surface area contributed by atoms with E-state index in [1.54, 1.807) is 0 Å². The number of benzene rings is 1. The molecular weight excluding hydrogens is 242 g/mol. The average Bonchev–Trinajstić information content (AvgIpc) is 3.11. The summed E-state index contributed by atoms with van der Waals surface area (Å²) in [6.45, 7) is 0.329. The van der Waals surface area contributed by atoms with E-state index in [9.17, 15) is 4.79 Å². The third kappa shape index (κ3) is 5.36. The van der Waals surface area contributed by atoms with Gasteiger partial charge in [0.05, 0.1) is 0 Å². The normalized spacial score (nSPS) is 13.2. The molecule has 0 aromatic heterocycles. The molecule has 0 heterocycles. The molecule has 1 aromatic carbocycles. The summed E-state index contributed by atoms with van der Waals surface area (Å²) in [6, 6.07) is 7.54. The fourth-order valence-corrected chi connectivity index (χ4v) is 1.54. The molecule has 4 nitrogen and oxygen atoms in total. The molecule has 1 fully saturated rings. The van der Waals surface area contributed by atoms with Gasteiger partial charge in [-0.1, -0.05) is 23.7 Å². The highest BCUT2D eigenvalue weighted by Crippen LogP contribution is 2.28. The fourth-order valence-electron chi connectivity index (χ4n) is 1.33. The Bertz CT molecular complexity index is 391. The number of carbonyl (C=O) groups excluding carboxylic acids is 1. The van der Waals surface area contributed by atoms with Crippen molar-refractivity contribution in [3.05, 3.63) is 34.9 Å². The zero-order valence-corrected chi connectivity index (χ0v) is 9.98. The molecule has 0 atom stereocenters. The van der Waals surface area contributed by atoms with Crippen molar-refractivity contribution in [3.8, 4) is 0 Å². The van der Waals surface area contributed by atoms with Crippen LogP contribution in [-0.2, 0) is 16.1 Å². The van der Waals surface area contributed by atoms with E-state index >= 15 is 0 Å². The highest BCUT2D eigenvalue weighted by atomic mass is 35.5. The van der Waals surface area contributed by atoms with Crippen molar-refractivity contribution in [2.75, 3.05) is 0 Å². The molecule has 0 unspecified atom stereocenters. The Labute approximate surface area is 105 Å². The second-order valence-electron chi connectivity index (χ2n) is 3.73. The highest BCUT2D eigenvalue weighted by Gasteiger charge is 2.29. The molecule has 1 aromatic rings. The summed E-state index contributed by atoms with van der Waals surface area (Å²) in [5.41, 5.74) is 1.05. The van der Waals surface area contributed by atoms with Gasteiger partial charge in [-0.2, -0.15) is 0 Å². The van der Waals surface area contributed by atoms with Crippen LogP contribution in [0.4, 0.5) is 0 Å².